The molecule has 1 nitrogen and oxygen atoms in total. The van der Waals surface area contributed by atoms with Crippen LogP contribution in [0.2, 0.25) is 0 Å². The van der Waals surface area contributed by atoms with Gasteiger partial charge in [0.25, 0.3) is 0 Å². The van der Waals surface area contributed by atoms with E-state index in [0.29, 0.717) is 24.5 Å². The van der Waals surface area contributed by atoms with E-state index in [2.05, 4.69) is 32.6 Å². The molecule has 0 radical (unpaired) electrons. The highest BCUT2D eigenvalue weighted by molar-refractivity contribution is 4.88. The molecule has 0 aromatic heterocycles. The van der Waals surface area contributed by atoms with Crippen LogP contribution in [0.25, 0.3) is 0 Å². The number of nitrogens with zero attached hydrogens (tertiary/aromatic N) is 1. The van der Waals surface area contributed by atoms with E-state index in [-0.39, 0.29) is 0 Å². The van der Waals surface area contributed by atoms with Gasteiger partial charge in [0.05, 0.1) is 0 Å². The summed E-state index contributed by atoms with van der Waals surface area (Å²) < 4.78 is 13.1. The van der Waals surface area contributed by atoms with Crippen LogP contribution in [0.4, 0.5) is 4.39 Å². The predicted octanol–water partition coefficient (Wildman–Crippen LogP) is 2.46. The summed E-state index contributed by atoms with van der Waals surface area (Å²) in [6, 6.07) is 0.943. The summed E-state index contributed by atoms with van der Waals surface area (Å²) in [5.74, 6) is 0.577. The molecule has 1 rings (SSSR count). The Hall–Kier alpha value is -0.110. The third kappa shape index (κ3) is 1.98. The van der Waals surface area contributed by atoms with Crippen LogP contribution in [0.3, 0.4) is 0 Å². The van der Waals surface area contributed by atoms with Gasteiger partial charge < -0.3 is 0 Å². The van der Waals surface area contributed by atoms with Gasteiger partial charge in [0.1, 0.15) is 6.17 Å². The predicted molar refractivity (Wildman–Crippen MR) is 50.0 cm³/mol. The summed E-state index contributed by atoms with van der Waals surface area (Å²) in [5.41, 5.74) is 0. The van der Waals surface area contributed by atoms with E-state index in [4.69, 9.17) is 0 Å². The molecule has 1 aliphatic heterocycles. The van der Waals surface area contributed by atoms with Gasteiger partial charge in [0.2, 0.25) is 0 Å². The van der Waals surface area contributed by atoms with Crippen LogP contribution in [0, 0.1) is 5.92 Å². The molecule has 0 amide bonds. The molecule has 2 atom stereocenters. The molecule has 12 heavy (non-hydrogen) atoms. The second-order valence-corrected chi connectivity index (χ2v) is 4.43. The molecule has 2 heteroatoms. The maximum atomic E-state index is 13.1. The maximum absolute atomic E-state index is 13.1. The second kappa shape index (κ2) is 3.73. The van der Waals surface area contributed by atoms with E-state index >= 15 is 0 Å². The monoisotopic (exact) mass is 173 g/mol. The summed E-state index contributed by atoms with van der Waals surface area (Å²) in [4.78, 5) is 2.29. The first-order chi connectivity index (χ1) is 5.52. The number of halogens is 1. The largest absolute Gasteiger partial charge is 0.295 e. The second-order valence-electron chi connectivity index (χ2n) is 4.43. The minimum atomic E-state index is -0.597. The lowest BCUT2D eigenvalue weighted by atomic mass is 10.0. The van der Waals surface area contributed by atoms with Gasteiger partial charge in [-0.05, 0) is 26.2 Å². The Balaban J connectivity index is 2.59. The van der Waals surface area contributed by atoms with Crippen LogP contribution in [0.1, 0.15) is 34.1 Å². The Morgan fingerprint density at radius 1 is 1.25 bits per heavy atom. The molecule has 0 bridgehead atoms. The standard InChI is InChI=1S/C10H20FN/c1-7(2)10-5-9(11)6-12(10)8(3)4/h7-10H,5-6H2,1-4H3/t9-,10+/m0/s1. The van der Waals surface area contributed by atoms with Crippen molar-refractivity contribution in [2.45, 2.75) is 52.4 Å². The fourth-order valence-corrected chi connectivity index (χ4v) is 2.08. The zero-order valence-corrected chi connectivity index (χ0v) is 8.55. The summed E-state index contributed by atoms with van der Waals surface area (Å²) in [6.07, 6.45) is 0.135. The first-order valence-electron chi connectivity index (χ1n) is 4.92. The lowest BCUT2D eigenvalue weighted by molar-refractivity contribution is 0.162. The Kier molecular flexibility index (Phi) is 3.10. The lowest BCUT2D eigenvalue weighted by Crippen LogP contribution is -2.38. The van der Waals surface area contributed by atoms with Gasteiger partial charge >= 0.3 is 0 Å². The summed E-state index contributed by atoms with van der Waals surface area (Å²) in [5, 5.41) is 0. The Labute approximate surface area is 74.9 Å². The van der Waals surface area contributed by atoms with Crippen molar-refractivity contribution in [3.63, 3.8) is 0 Å². The van der Waals surface area contributed by atoms with Crippen molar-refractivity contribution >= 4 is 0 Å². The molecule has 0 spiro atoms. The number of hydrogen-bond acceptors (Lipinski definition) is 1. The Morgan fingerprint density at radius 3 is 2.17 bits per heavy atom. The highest BCUT2D eigenvalue weighted by Crippen LogP contribution is 2.27. The van der Waals surface area contributed by atoms with Crippen LogP contribution in [-0.2, 0) is 0 Å². The zero-order valence-electron chi connectivity index (χ0n) is 8.55. The van der Waals surface area contributed by atoms with Gasteiger partial charge in [-0.1, -0.05) is 13.8 Å². The van der Waals surface area contributed by atoms with Crippen LogP contribution in [0.5, 0.6) is 0 Å². The van der Waals surface area contributed by atoms with Gasteiger partial charge in [0, 0.05) is 18.6 Å². The van der Waals surface area contributed by atoms with E-state index in [1.54, 1.807) is 0 Å². The van der Waals surface area contributed by atoms with Crippen molar-refractivity contribution in [1.29, 1.82) is 0 Å². The smallest absolute Gasteiger partial charge is 0.114 e. The van der Waals surface area contributed by atoms with Gasteiger partial charge in [0.15, 0.2) is 0 Å². The molecule has 0 N–H and O–H groups in total. The van der Waals surface area contributed by atoms with Gasteiger partial charge in [-0.3, -0.25) is 4.90 Å². The van der Waals surface area contributed by atoms with Crippen LogP contribution >= 0.6 is 0 Å². The molecule has 0 aromatic carbocycles. The molecule has 0 unspecified atom stereocenters. The average molecular weight is 173 g/mol. The van der Waals surface area contributed by atoms with Crippen molar-refractivity contribution in [2.24, 2.45) is 5.92 Å². The van der Waals surface area contributed by atoms with Crippen molar-refractivity contribution in [3.05, 3.63) is 0 Å². The van der Waals surface area contributed by atoms with E-state index in [1.165, 1.54) is 0 Å². The lowest BCUT2D eigenvalue weighted by Gasteiger charge is -2.30. The molecular weight excluding hydrogens is 153 g/mol. The fourth-order valence-electron chi connectivity index (χ4n) is 2.08. The average Bonchev–Trinajstić information content (AvgIpc) is 2.31. The number of alkyl halides is 1. The molecule has 0 saturated carbocycles. The molecule has 72 valence electrons. The van der Waals surface area contributed by atoms with E-state index in [0.717, 1.165) is 6.42 Å². The van der Waals surface area contributed by atoms with Crippen LogP contribution < -0.4 is 0 Å². The van der Waals surface area contributed by atoms with Gasteiger partial charge in [-0.25, -0.2) is 4.39 Å². The number of likely N-dealkylation sites (tertiary alicyclic amines) is 1. The normalized spacial score (nSPS) is 32.2. The van der Waals surface area contributed by atoms with E-state index < -0.39 is 6.17 Å². The SMILES string of the molecule is CC(C)[C@H]1C[C@H](F)CN1C(C)C. The van der Waals surface area contributed by atoms with Gasteiger partial charge in [-0.15, -0.1) is 0 Å². The van der Waals surface area contributed by atoms with Crippen molar-refractivity contribution in [1.82, 2.24) is 4.90 Å². The maximum Gasteiger partial charge on any atom is 0.114 e. The Bertz CT molecular complexity index is 129. The summed E-state index contributed by atoms with van der Waals surface area (Å²) in [7, 11) is 0. The molecular formula is C10H20FN. The summed E-state index contributed by atoms with van der Waals surface area (Å²) in [6.45, 7) is 9.29. The van der Waals surface area contributed by atoms with Crippen molar-refractivity contribution in [3.8, 4) is 0 Å². The minimum absolute atomic E-state index is 0.458. The minimum Gasteiger partial charge on any atom is -0.295 e. The number of hydrogen-bond donors (Lipinski definition) is 0. The van der Waals surface area contributed by atoms with E-state index in [9.17, 15) is 4.39 Å². The highest BCUT2D eigenvalue weighted by atomic mass is 19.1. The van der Waals surface area contributed by atoms with Gasteiger partial charge in [-0.2, -0.15) is 0 Å². The molecule has 1 aliphatic rings. The quantitative estimate of drug-likeness (QED) is 0.620. The van der Waals surface area contributed by atoms with Crippen LogP contribution in [-0.4, -0.2) is 29.7 Å². The van der Waals surface area contributed by atoms with Crippen molar-refractivity contribution < 1.29 is 4.39 Å². The highest BCUT2D eigenvalue weighted by Gasteiger charge is 2.34. The molecule has 0 aliphatic carbocycles. The van der Waals surface area contributed by atoms with Crippen molar-refractivity contribution in [2.75, 3.05) is 6.54 Å². The Morgan fingerprint density at radius 2 is 1.83 bits per heavy atom. The molecule has 0 aromatic rings. The number of rotatable bonds is 2. The third-order valence-electron chi connectivity index (χ3n) is 2.76. The third-order valence-corrected chi connectivity index (χ3v) is 2.76. The molecule has 1 fully saturated rings. The fraction of sp³-hybridized carbons (Fsp3) is 1.00. The summed E-state index contributed by atoms with van der Waals surface area (Å²) >= 11 is 0. The molecule has 1 saturated heterocycles. The first kappa shape index (κ1) is 9.97. The zero-order chi connectivity index (χ0) is 9.30. The van der Waals surface area contributed by atoms with E-state index in [1.807, 2.05) is 0 Å². The topological polar surface area (TPSA) is 3.24 Å². The molecule has 1 heterocycles. The first-order valence-corrected chi connectivity index (χ1v) is 4.92. The van der Waals surface area contributed by atoms with Crippen LogP contribution in [0.15, 0.2) is 0 Å².